The molecule has 1 N–H and O–H groups in total. The Labute approximate surface area is 208 Å². The van der Waals surface area contributed by atoms with Crippen LogP contribution in [0.4, 0.5) is 5.69 Å². The van der Waals surface area contributed by atoms with E-state index in [0.29, 0.717) is 17.3 Å². The highest BCUT2D eigenvalue weighted by atomic mass is 35.5. The van der Waals surface area contributed by atoms with E-state index < -0.39 is 16.1 Å². The molecule has 186 valence electrons. The number of carbonyl (C=O) groups excluding carboxylic acids is 1. The molecule has 0 spiro atoms. The molecule has 1 fully saturated rings. The van der Waals surface area contributed by atoms with Gasteiger partial charge >= 0.3 is 0 Å². The lowest BCUT2D eigenvalue weighted by molar-refractivity contribution is -0.122. The number of amides is 1. The minimum Gasteiger partial charge on any atom is -0.495 e. The number of rotatable bonds is 10. The summed E-state index contributed by atoms with van der Waals surface area (Å²) in [5.41, 5.74) is 2.43. The highest BCUT2D eigenvalue weighted by Gasteiger charge is 2.33. The van der Waals surface area contributed by atoms with Gasteiger partial charge in [-0.05, 0) is 61.7 Å². The lowest BCUT2D eigenvalue weighted by Crippen LogP contribution is -2.49. The van der Waals surface area contributed by atoms with Gasteiger partial charge in [-0.25, -0.2) is 8.42 Å². The van der Waals surface area contributed by atoms with Gasteiger partial charge in [0.25, 0.3) is 0 Å². The Kier molecular flexibility index (Phi) is 9.22. The van der Waals surface area contributed by atoms with E-state index >= 15 is 0 Å². The largest absolute Gasteiger partial charge is 0.495 e. The predicted molar refractivity (Wildman–Crippen MR) is 137 cm³/mol. The fourth-order valence-corrected chi connectivity index (χ4v) is 5.76. The first-order valence-electron chi connectivity index (χ1n) is 11.6. The number of likely N-dealkylation sites (tertiary alicyclic amines) is 1. The zero-order valence-corrected chi connectivity index (χ0v) is 21.7. The number of halogens is 1. The molecular formula is C25H34ClN3O4S. The molecule has 1 aliphatic rings. The third-order valence-electron chi connectivity index (χ3n) is 6.02. The van der Waals surface area contributed by atoms with E-state index in [1.807, 2.05) is 12.1 Å². The van der Waals surface area contributed by atoms with Gasteiger partial charge in [0.1, 0.15) is 11.8 Å². The first-order chi connectivity index (χ1) is 16.2. The highest BCUT2D eigenvalue weighted by molar-refractivity contribution is 7.92. The van der Waals surface area contributed by atoms with Crippen LogP contribution in [0.15, 0.2) is 42.5 Å². The van der Waals surface area contributed by atoms with Crippen LogP contribution in [0, 0.1) is 0 Å². The molecule has 2 aromatic carbocycles. The molecule has 3 rings (SSSR count). The molecule has 1 amide bonds. The quantitative estimate of drug-likeness (QED) is 0.521. The van der Waals surface area contributed by atoms with Gasteiger partial charge in [-0.2, -0.15) is 0 Å². The van der Waals surface area contributed by atoms with E-state index in [0.717, 1.165) is 35.8 Å². The summed E-state index contributed by atoms with van der Waals surface area (Å²) >= 11 is 6.14. The Balaban J connectivity index is 1.75. The van der Waals surface area contributed by atoms with Crippen LogP contribution in [-0.4, -0.2) is 51.7 Å². The van der Waals surface area contributed by atoms with E-state index in [1.54, 1.807) is 19.1 Å². The number of hydrogen-bond acceptors (Lipinski definition) is 5. The van der Waals surface area contributed by atoms with Crippen LogP contribution in [0.1, 0.15) is 43.7 Å². The Hall–Kier alpha value is -2.29. The van der Waals surface area contributed by atoms with Crippen molar-refractivity contribution in [1.29, 1.82) is 0 Å². The number of sulfonamides is 1. The zero-order chi connectivity index (χ0) is 24.7. The Morgan fingerprint density at radius 1 is 1.15 bits per heavy atom. The van der Waals surface area contributed by atoms with E-state index in [4.69, 9.17) is 16.3 Å². The summed E-state index contributed by atoms with van der Waals surface area (Å²) in [7, 11) is -2.35. The first kappa shape index (κ1) is 26.3. The summed E-state index contributed by atoms with van der Waals surface area (Å²) in [4.78, 5) is 15.7. The van der Waals surface area contributed by atoms with Gasteiger partial charge in [0.15, 0.2) is 0 Å². The fourth-order valence-electron chi connectivity index (χ4n) is 4.39. The third-order valence-corrected chi connectivity index (χ3v) is 7.42. The second kappa shape index (κ2) is 11.9. The van der Waals surface area contributed by atoms with Gasteiger partial charge in [-0.1, -0.05) is 49.2 Å². The van der Waals surface area contributed by atoms with Crippen molar-refractivity contribution in [3.05, 3.63) is 58.6 Å². The SMILES string of the molecule is CCC(C(=O)NCc1cccc(CN2CCCCC2)c1)N(c1cc(Cl)ccc1OC)S(C)(=O)=O. The maximum Gasteiger partial charge on any atom is 0.244 e. The maximum atomic E-state index is 13.2. The summed E-state index contributed by atoms with van der Waals surface area (Å²) in [5.74, 6) is -0.0529. The average Bonchev–Trinajstić information content (AvgIpc) is 2.81. The normalized spacial score (nSPS) is 15.5. The topological polar surface area (TPSA) is 79.0 Å². The van der Waals surface area contributed by atoms with Crippen molar-refractivity contribution in [2.24, 2.45) is 0 Å². The summed E-state index contributed by atoms with van der Waals surface area (Å²) in [5, 5.41) is 3.27. The van der Waals surface area contributed by atoms with Crippen molar-refractivity contribution in [2.45, 2.75) is 51.7 Å². The Morgan fingerprint density at radius 3 is 2.50 bits per heavy atom. The van der Waals surface area contributed by atoms with Crippen molar-refractivity contribution in [3.8, 4) is 5.75 Å². The molecule has 1 saturated heterocycles. The number of nitrogens with zero attached hydrogens (tertiary/aromatic N) is 2. The Bertz CT molecular complexity index is 1090. The molecule has 34 heavy (non-hydrogen) atoms. The molecule has 0 bridgehead atoms. The first-order valence-corrected chi connectivity index (χ1v) is 13.9. The summed E-state index contributed by atoms with van der Waals surface area (Å²) in [6, 6.07) is 11.9. The van der Waals surface area contributed by atoms with Crippen molar-refractivity contribution in [3.63, 3.8) is 0 Å². The van der Waals surface area contributed by atoms with Crippen molar-refractivity contribution in [1.82, 2.24) is 10.2 Å². The van der Waals surface area contributed by atoms with Gasteiger partial charge in [0, 0.05) is 18.1 Å². The van der Waals surface area contributed by atoms with Crippen molar-refractivity contribution >= 4 is 33.2 Å². The highest BCUT2D eigenvalue weighted by Crippen LogP contribution is 2.34. The van der Waals surface area contributed by atoms with Crippen LogP contribution in [0.25, 0.3) is 0 Å². The van der Waals surface area contributed by atoms with Gasteiger partial charge in [0.2, 0.25) is 15.9 Å². The molecule has 9 heteroatoms. The molecule has 0 aliphatic carbocycles. The number of hydrogen-bond donors (Lipinski definition) is 1. The van der Waals surface area contributed by atoms with Gasteiger partial charge < -0.3 is 10.1 Å². The van der Waals surface area contributed by atoms with Gasteiger partial charge in [0.05, 0.1) is 19.1 Å². The number of methoxy groups -OCH3 is 1. The molecular weight excluding hydrogens is 474 g/mol. The molecule has 7 nitrogen and oxygen atoms in total. The zero-order valence-electron chi connectivity index (χ0n) is 20.1. The fraction of sp³-hybridized carbons (Fsp3) is 0.480. The number of piperidine rings is 1. The van der Waals surface area contributed by atoms with Gasteiger partial charge in [-0.15, -0.1) is 0 Å². The average molecular weight is 508 g/mol. The van der Waals surface area contributed by atoms with Crippen LogP contribution in [0.2, 0.25) is 5.02 Å². The molecule has 0 radical (unpaired) electrons. The molecule has 1 aliphatic heterocycles. The van der Waals surface area contributed by atoms with E-state index in [-0.39, 0.29) is 18.0 Å². The Morgan fingerprint density at radius 2 is 1.85 bits per heavy atom. The van der Waals surface area contributed by atoms with Crippen LogP contribution in [-0.2, 0) is 27.9 Å². The number of carbonyl (C=O) groups is 1. The summed E-state index contributed by atoms with van der Waals surface area (Å²) in [6.45, 7) is 5.23. The number of ether oxygens (including phenoxy) is 1. The molecule has 0 saturated carbocycles. The standard InChI is InChI=1S/C25H34ClN3O4S/c1-4-22(29(34(3,31)32)23-16-21(26)11-12-24(23)33-2)25(30)27-17-19-9-8-10-20(15-19)18-28-13-6-5-7-14-28/h8-12,15-16,22H,4-7,13-14,17-18H2,1-3H3,(H,27,30). The minimum absolute atomic E-state index is 0.239. The maximum absolute atomic E-state index is 13.2. The van der Waals surface area contributed by atoms with Crippen LogP contribution in [0.5, 0.6) is 5.75 Å². The third kappa shape index (κ3) is 6.87. The number of nitrogens with one attached hydrogen (secondary N) is 1. The minimum atomic E-state index is -3.80. The van der Waals surface area contributed by atoms with Crippen LogP contribution in [0.3, 0.4) is 0 Å². The molecule has 1 heterocycles. The van der Waals surface area contributed by atoms with Crippen molar-refractivity contribution in [2.75, 3.05) is 30.8 Å². The number of anilines is 1. The monoisotopic (exact) mass is 507 g/mol. The smallest absolute Gasteiger partial charge is 0.244 e. The molecule has 0 aromatic heterocycles. The summed E-state index contributed by atoms with van der Waals surface area (Å²) in [6.07, 6.45) is 5.13. The van der Waals surface area contributed by atoms with E-state index in [2.05, 4.69) is 22.3 Å². The molecule has 1 atom stereocenters. The lowest BCUT2D eigenvalue weighted by Gasteiger charge is -2.31. The number of benzene rings is 2. The van der Waals surface area contributed by atoms with Crippen LogP contribution >= 0.6 is 11.6 Å². The predicted octanol–water partition coefficient (Wildman–Crippen LogP) is 4.20. The van der Waals surface area contributed by atoms with Gasteiger partial charge in [-0.3, -0.25) is 14.0 Å². The second-order valence-electron chi connectivity index (χ2n) is 8.67. The lowest BCUT2D eigenvalue weighted by atomic mass is 10.1. The molecule has 1 unspecified atom stereocenters. The van der Waals surface area contributed by atoms with E-state index in [1.165, 1.54) is 38.0 Å². The van der Waals surface area contributed by atoms with Crippen molar-refractivity contribution < 1.29 is 17.9 Å². The van der Waals surface area contributed by atoms with E-state index in [9.17, 15) is 13.2 Å². The summed E-state index contributed by atoms with van der Waals surface area (Å²) < 4.78 is 32.0. The second-order valence-corrected chi connectivity index (χ2v) is 11.0. The van der Waals surface area contributed by atoms with Crippen LogP contribution < -0.4 is 14.4 Å². The molecule has 2 aromatic rings.